The zero-order valence-corrected chi connectivity index (χ0v) is 11.3. The minimum Gasteiger partial charge on any atom is -0.406 e. The number of amides is 1. The van der Waals surface area contributed by atoms with Crippen molar-refractivity contribution in [1.29, 1.82) is 0 Å². The van der Waals surface area contributed by atoms with Crippen molar-refractivity contribution in [2.45, 2.75) is 31.7 Å². The van der Waals surface area contributed by atoms with Crippen LogP contribution in [0.4, 0.5) is 13.2 Å². The SMILES string of the molecule is NCC(NC(=O)Cc1ccc(OC(F)(F)F)cc1)C1CC1. The van der Waals surface area contributed by atoms with Crippen molar-refractivity contribution in [3.8, 4) is 5.75 Å². The van der Waals surface area contributed by atoms with E-state index in [1.165, 1.54) is 24.3 Å². The van der Waals surface area contributed by atoms with Crippen molar-refractivity contribution in [3.05, 3.63) is 29.8 Å². The smallest absolute Gasteiger partial charge is 0.406 e. The lowest BCUT2D eigenvalue weighted by Crippen LogP contribution is -2.42. The van der Waals surface area contributed by atoms with E-state index in [-0.39, 0.29) is 24.1 Å². The number of nitrogens with two attached hydrogens (primary N) is 1. The van der Waals surface area contributed by atoms with Gasteiger partial charge in [0, 0.05) is 12.6 Å². The summed E-state index contributed by atoms with van der Waals surface area (Å²) >= 11 is 0. The molecule has 116 valence electrons. The standard InChI is InChI=1S/C14H17F3N2O2/c15-14(16,17)21-11-5-1-9(2-6-11)7-13(20)19-12(8-18)10-3-4-10/h1-2,5-6,10,12H,3-4,7-8,18H2,(H,19,20). The summed E-state index contributed by atoms with van der Waals surface area (Å²) in [7, 11) is 0. The number of hydrogen-bond donors (Lipinski definition) is 2. The molecule has 1 aromatic rings. The Kier molecular flexibility index (Phi) is 4.72. The van der Waals surface area contributed by atoms with Crippen molar-refractivity contribution in [2.24, 2.45) is 11.7 Å². The van der Waals surface area contributed by atoms with Crippen molar-refractivity contribution in [3.63, 3.8) is 0 Å². The summed E-state index contributed by atoms with van der Waals surface area (Å²) in [4.78, 5) is 11.8. The Morgan fingerprint density at radius 3 is 2.43 bits per heavy atom. The maximum Gasteiger partial charge on any atom is 0.573 e. The highest BCUT2D eigenvalue weighted by Gasteiger charge is 2.32. The highest BCUT2D eigenvalue weighted by molar-refractivity contribution is 5.79. The van der Waals surface area contributed by atoms with E-state index in [1.807, 2.05) is 0 Å². The Morgan fingerprint density at radius 2 is 1.95 bits per heavy atom. The molecule has 4 nitrogen and oxygen atoms in total. The molecule has 1 aliphatic rings. The third kappa shape index (κ3) is 5.26. The third-order valence-corrected chi connectivity index (χ3v) is 3.31. The van der Waals surface area contributed by atoms with Crippen molar-refractivity contribution in [2.75, 3.05) is 6.54 Å². The second kappa shape index (κ2) is 6.34. The van der Waals surface area contributed by atoms with Gasteiger partial charge in [-0.25, -0.2) is 0 Å². The number of nitrogens with one attached hydrogen (secondary N) is 1. The van der Waals surface area contributed by atoms with Gasteiger partial charge in [0.1, 0.15) is 5.75 Å². The van der Waals surface area contributed by atoms with Crippen LogP contribution in [0.3, 0.4) is 0 Å². The predicted octanol–water partition coefficient (Wildman–Crippen LogP) is 1.98. The van der Waals surface area contributed by atoms with Gasteiger partial charge in [0.25, 0.3) is 0 Å². The molecule has 1 atom stereocenters. The normalized spacial score (nSPS) is 16.4. The number of benzene rings is 1. The molecule has 21 heavy (non-hydrogen) atoms. The molecular weight excluding hydrogens is 285 g/mol. The molecule has 0 radical (unpaired) electrons. The van der Waals surface area contributed by atoms with Crippen LogP contribution in [-0.2, 0) is 11.2 Å². The van der Waals surface area contributed by atoms with E-state index in [2.05, 4.69) is 10.1 Å². The van der Waals surface area contributed by atoms with E-state index in [0.29, 0.717) is 18.0 Å². The first-order chi connectivity index (χ1) is 9.87. The molecule has 1 aromatic carbocycles. The van der Waals surface area contributed by atoms with Crippen LogP contribution < -0.4 is 15.8 Å². The third-order valence-electron chi connectivity index (χ3n) is 3.31. The topological polar surface area (TPSA) is 64.3 Å². The number of hydrogen-bond acceptors (Lipinski definition) is 3. The summed E-state index contributed by atoms with van der Waals surface area (Å²) in [6.45, 7) is 0.398. The van der Waals surface area contributed by atoms with Gasteiger partial charge in [0.05, 0.1) is 6.42 Å². The van der Waals surface area contributed by atoms with Crippen LogP contribution in [0.5, 0.6) is 5.75 Å². The van der Waals surface area contributed by atoms with E-state index in [4.69, 9.17) is 5.73 Å². The molecular formula is C14H17F3N2O2. The molecule has 1 aliphatic carbocycles. The molecule has 3 N–H and O–H groups in total. The van der Waals surface area contributed by atoms with E-state index in [0.717, 1.165) is 12.8 Å². The summed E-state index contributed by atoms with van der Waals surface area (Å²) in [6, 6.07) is 5.25. The predicted molar refractivity (Wildman–Crippen MR) is 70.5 cm³/mol. The maximum atomic E-state index is 12.0. The number of rotatable bonds is 6. The first-order valence-electron chi connectivity index (χ1n) is 6.71. The lowest BCUT2D eigenvalue weighted by molar-refractivity contribution is -0.274. The van der Waals surface area contributed by atoms with Gasteiger partial charge in [-0.3, -0.25) is 4.79 Å². The monoisotopic (exact) mass is 302 g/mol. The van der Waals surface area contributed by atoms with Crippen LogP contribution in [0.25, 0.3) is 0 Å². The Labute approximate surface area is 120 Å². The first kappa shape index (κ1) is 15.6. The molecule has 0 aromatic heterocycles. The van der Waals surface area contributed by atoms with Crippen LogP contribution in [0.2, 0.25) is 0 Å². The van der Waals surface area contributed by atoms with Gasteiger partial charge in [0.2, 0.25) is 5.91 Å². The van der Waals surface area contributed by atoms with Crippen molar-refractivity contribution < 1.29 is 22.7 Å². The second-order valence-electron chi connectivity index (χ2n) is 5.12. The van der Waals surface area contributed by atoms with E-state index in [9.17, 15) is 18.0 Å². The molecule has 0 saturated heterocycles. The van der Waals surface area contributed by atoms with Gasteiger partial charge >= 0.3 is 6.36 Å². The number of carbonyl (C=O) groups excluding carboxylic acids is 1. The Bertz CT molecular complexity index is 484. The van der Waals surface area contributed by atoms with E-state index >= 15 is 0 Å². The molecule has 1 fully saturated rings. The zero-order chi connectivity index (χ0) is 15.5. The molecule has 0 bridgehead atoms. The zero-order valence-electron chi connectivity index (χ0n) is 11.3. The number of alkyl halides is 3. The summed E-state index contributed by atoms with van der Waals surface area (Å²) in [5.74, 6) is -0.0205. The number of carbonyl (C=O) groups is 1. The molecule has 1 unspecified atom stereocenters. The summed E-state index contributed by atoms with van der Waals surface area (Å²) in [5.41, 5.74) is 6.22. The number of ether oxygens (including phenoxy) is 1. The summed E-state index contributed by atoms with van der Waals surface area (Å²) in [6.07, 6.45) is -2.45. The van der Waals surface area contributed by atoms with Crippen molar-refractivity contribution >= 4 is 5.91 Å². The van der Waals surface area contributed by atoms with E-state index < -0.39 is 6.36 Å². The fourth-order valence-corrected chi connectivity index (χ4v) is 2.12. The maximum absolute atomic E-state index is 12.0. The van der Waals surface area contributed by atoms with Crippen molar-refractivity contribution in [1.82, 2.24) is 5.32 Å². The number of halogens is 3. The second-order valence-corrected chi connectivity index (χ2v) is 5.12. The van der Waals surface area contributed by atoms with Gasteiger partial charge in [-0.15, -0.1) is 13.2 Å². The minimum absolute atomic E-state index is 0.00895. The average molecular weight is 302 g/mol. The highest BCUT2D eigenvalue weighted by atomic mass is 19.4. The van der Waals surface area contributed by atoms with E-state index in [1.54, 1.807) is 0 Å². The van der Waals surface area contributed by atoms with Gasteiger partial charge in [-0.05, 0) is 36.5 Å². The Hall–Kier alpha value is -1.76. The average Bonchev–Trinajstić information content (AvgIpc) is 3.21. The molecule has 1 saturated carbocycles. The lowest BCUT2D eigenvalue weighted by Gasteiger charge is -2.16. The fourth-order valence-electron chi connectivity index (χ4n) is 2.12. The van der Waals surface area contributed by atoms with Crippen LogP contribution in [0.1, 0.15) is 18.4 Å². The lowest BCUT2D eigenvalue weighted by atomic mass is 10.1. The summed E-state index contributed by atoms with van der Waals surface area (Å²) < 4.78 is 39.8. The van der Waals surface area contributed by atoms with Gasteiger partial charge in [-0.2, -0.15) is 0 Å². The Balaban J connectivity index is 1.86. The molecule has 0 aliphatic heterocycles. The van der Waals surface area contributed by atoms with Crippen LogP contribution >= 0.6 is 0 Å². The first-order valence-corrected chi connectivity index (χ1v) is 6.71. The minimum atomic E-state index is -4.71. The van der Waals surface area contributed by atoms with Gasteiger partial charge in [-0.1, -0.05) is 12.1 Å². The van der Waals surface area contributed by atoms with Crippen LogP contribution in [-0.4, -0.2) is 24.9 Å². The molecule has 0 heterocycles. The molecule has 2 rings (SSSR count). The Morgan fingerprint density at radius 1 is 1.33 bits per heavy atom. The quantitative estimate of drug-likeness (QED) is 0.844. The fraction of sp³-hybridized carbons (Fsp3) is 0.500. The molecule has 0 spiro atoms. The van der Waals surface area contributed by atoms with Crippen LogP contribution in [0.15, 0.2) is 24.3 Å². The highest BCUT2D eigenvalue weighted by Crippen LogP contribution is 2.32. The van der Waals surface area contributed by atoms with Gasteiger partial charge < -0.3 is 15.8 Å². The summed E-state index contributed by atoms with van der Waals surface area (Å²) in [5, 5.41) is 2.85. The largest absolute Gasteiger partial charge is 0.573 e. The molecule has 1 amide bonds. The van der Waals surface area contributed by atoms with Gasteiger partial charge in [0.15, 0.2) is 0 Å². The molecule has 7 heteroatoms. The van der Waals surface area contributed by atoms with Crippen LogP contribution in [0, 0.1) is 5.92 Å².